The van der Waals surface area contributed by atoms with Gasteiger partial charge in [-0.05, 0) is 159 Å². The molecule has 0 bridgehead atoms. The standard InChI is InChI=1S/C72H49N3/c1-5-17-50(18-6-1)57-45-58(51-19-7-2-8-20-51)47-59(46-57)54-33-41-64(42-34-54)73(62-37-29-52(30-38-62)55-35-43-67-65-25-13-15-27-69(65)74(71(67)48-55)60-21-9-3-10-22-60)63-39-31-53(32-40-63)56-36-44-68-66-26-14-16-28-70(66)75(72(68)49-56)61-23-11-4-12-24-61/h1-49H. The fourth-order valence-corrected chi connectivity index (χ4v) is 11.3. The molecule has 0 atom stereocenters. The van der Waals surface area contributed by atoms with Crippen LogP contribution in [0, 0.1) is 0 Å². The van der Waals surface area contributed by atoms with Crippen LogP contribution < -0.4 is 4.90 Å². The number of aromatic nitrogens is 2. The fraction of sp³-hybridized carbons (Fsp3) is 0. The van der Waals surface area contributed by atoms with Crippen molar-refractivity contribution in [2.24, 2.45) is 0 Å². The minimum Gasteiger partial charge on any atom is -0.311 e. The molecule has 3 heteroatoms. The van der Waals surface area contributed by atoms with Gasteiger partial charge in [-0.25, -0.2) is 0 Å². The Morgan fingerprint density at radius 2 is 0.467 bits per heavy atom. The van der Waals surface area contributed by atoms with Gasteiger partial charge in [-0.3, -0.25) is 0 Å². The summed E-state index contributed by atoms with van der Waals surface area (Å²) in [6.45, 7) is 0. The zero-order valence-electron chi connectivity index (χ0n) is 41.1. The highest BCUT2D eigenvalue weighted by atomic mass is 15.1. The van der Waals surface area contributed by atoms with Gasteiger partial charge in [0.2, 0.25) is 0 Å². The number of para-hydroxylation sites is 4. The predicted octanol–water partition coefficient (Wildman–Crippen LogP) is 19.7. The Balaban J connectivity index is 0.861. The third-order valence-electron chi connectivity index (χ3n) is 14.9. The van der Waals surface area contributed by atoms with E-state index in [2.05, 4.69) is 311 Å². The van der Waals surface area contributed by atoms with Crippen molar-refractivity contribution in [2.45, 2.75) is 0 Å². The highest BCUT2D eigenvalue weighted by Crippen LogP contribution is 2.42. The van der Waals surface area contributed by atoms with Crippen molar-refractivity contribution in [2.75, 3.05) is 4.90 Å². The van der Waals surface area contributed by atoms with E-state index in [-0.39, 0.29) is 0 Å². The van der Waals surface area contributed by atoms with Crippen LogP contribution in [0.5, 0.6) is 0 Å². The van der Waals surface area contributed by atoms with Gasteiger partial charge in [0.05, 0.1) is 22.1 Å². The summed E-state index contributed by atoms with van der Waals surface area (Å²) in [6, 6.07) is 108. The molecule has 12 aromatic carbocycles. The van der Waals surface area contributed by atoms with E-state index >= 15 is 0 Å². The Kier molecular flexibility index (Phi) is 10.8. The molecule has 0 aliphatic carbocycles. The average Bonchev–Trinajstić information content (AvgIpc) is 4.01. The SMILES string of the molecule is c1ccc(-c2cc(-c3ccccc3)cc(-c3ccc(N(c4ccc(-c5ccc6c7ccccc7n(-c7ccccc7)c6c5)cc4)c4ccc(-c5ccc6c7ccccc7n(-c7ccccc7)c6c5)cc4)cc3)c2)cc1. The molecule has 0 saturated heterocycles. The number of nitrogens with zero attached hydrogens (tertiary/aromatic N) is 3. The molecular weight excluding hydrogens is 907 g/mol. The van der Waals surface area contributed by atoms with Crippen LogP contribution in [0.4, 0.5) is 17.1 Å². The van der Waals surface area contributed by atoms with Crippen LogP contribution in [0.3, 0.4) is 0 Å². The zero-order valence-corrected chi connectivity index (χ0v) is 41.1. The molecule has 0 spiro atoms. The Bertz CT molecular complexity index is 4090. The van der Waals surface area contributed by atoms with Gasteiger partial charge in [0, 0.05) is 50.0 Å². The Morgan fingerprint density at radius 1 is 0.187 bits per heavy atom. The van der Waals surface area contributed by atoms with Gasteiger partial charge in [0.1, 0.15) is 0 Å². The van der Waals surface area contributed by atoms with E-state index in [1.165, 1.54) is 82.6 Å². The summed E-state index contributed by atoms with van der Waals surface area (Å²) in [5, 5.41) is 4.99. The maximum Gasteiger partial charge on any atom is 0.0547 e. The highest BCUT2D eigenvalue weighted by Gasteiger charge is 2.18. The number of fused-ring (bicyclic) bond motifs is 6. The van der Waals surface area contributed by atoms with E-state index in [0.29, 0.717) is 0 Å². The Hall–Kier alpha value is -9.96. The number of anilines is 3. The van der Waals surface area contributed by atoms with Crippen LogP contribution in [0.2, 0.25) is 0 Å². The molecule has 14 rings (SSSR count). The van der Waals surface area contributed by atoms with Gasteiger partial charge in [0.15, 0.2) is 0 Å². The molecule has 0 amide bonds. The molecule has 14 aromatic rings. The fourth-order valence-electron chi connectivity index (χ4n) is 11.3. The lowest BCUT2D eigenvalue weighted by Gasteiger charge is -2.26. The smallest absolute Gasteiger partial charge is 0.0547 e. The summed E-state index contributed by atoms with van der Waals surface area (Å²) in [6.07, 6.45) is 0. The van der Waals surface area contributed by atoms with Crippen molar-refractivity contribution in [1.82, 2.24) is 9.13 Å². The lowest BCUT2D eigenvalue weighted by molar-refractivity contribution is 1.18. The van der Waals surface area contributed by atoms with Crippen LogP contribution in [-0.2, 0) is 0 Å². The maximum atomic E-state index is 2.39. The largest absolute Gasteiger partial charge is 0.311 e. The first-order valence-corrected chi connectivity index (χ1v) is 25.7. The van der Waals surface area contributed by atoms with Gasteiger partial charge in [0.25, 0.3) is 0 Å². The third-order valence-corrected chi connectivity index (χ3v) is 14.9. The van der Waals surface area contributed by atoms with Gasteiger partial charge in [-0.2, -0.15) is 0 Å². The van der Waals surface area contributed by atoms with Crippen LogP contribution in [0.1, 0.15) is 0 Å². The lowest BCUT2D eigenvalue weighted by Crippen LogP contribution is -2.09. The first-order valence-electron chi connectivity index (χ1n) is 25.7. The minimum absolute atomic E-state index is 1.07. The second-order valence-corrected chi connectivity index (χ2v) is 19.3. The van der Waals surface area contributed by atoms with Crippen molar-refractivity contribution < 1.29 is 0 Å². The molecular formula is C72H49N3. The van der Waals surface area contributed by atoms with Gasteiger partial charge < -0.3 is 14.0 Å². The van der Waals surface area contributed by atoms with Crippen molar-refractivity contribution in [3.8, 4) is 67.0 Å². The van der Waals surface area contributed by atoms with Crippen LogP contribution in [-0.4, -0.2) is 9.13 Å². The quantitative estimate of drug-likeness (QED) is 0.133. The number of hydrogen-bond donors (Lipinski definition) is 0. The predicted molar refractivity (Wildman–Crippen MR) is 317 cm³/mol. The second kappa shape index (κ2) is 18.6. The van der Waals surface area contributed by atoms with E-state index in [9.17, 15) is 0 Å². The maximum absolute atomic E-state index is 2.39. The molecule has 0 saturated carbocycles. The molecule has 0 radical (unpaired) electrons. The van der Waals surface area contributed by atoms with E-state index in [1.807, 2.05) is 0 Å². The van der Waals surface area contributed by atoms with Gasteiger partial charge in [-0.1, -0.05) is 194 Å². The molecule has 0 N–H and O–H groups in total. The molecule has 75 heavy (non-hydrogen) atoms. The summed E-state index contributed by atoms with van der Waals surface area (Å²) in [7, 11) is 0. The van der Waals surface area contributed by atoms with Crippen molar-refractivity contribution in [3.05, 3.63) is 297 Å². The minimum atomic E-state index is 1.07. The molecule has 2 heterocycles. The topological polar surface area (TPSA) is 13.1 Å². The molecule has 0 aliphatic heterocycles. The Labute approximate surface area is 436 Å². The number of rotatable bonds is 10. The van der Waals surface area contributed by atoms with Gasteiger partial charge in [-0.15, -0.1) is 0 Å². The van der Waals surface area contributed by atoms with Crippen molar-refractivity contribution in [1.29, 1.82) is 0 Å². The second-order valence-electron chi connectivity index (χ2n) is 19.3. The molecule has 352 valence electrons. The van der Waals surface area contributed by atoms with Gasteiger partial charge >= 0.3 is 0 Å². The van der Waals surface area contributed by atoms with Crippen LogP contribution in [0.15, 0.2) is 297 Å². The monoisotopic (exact) mass is 955 g/mol. The molecule has 3 nitrogen and oxygen atoms in total. The van der Waals surface area contributed by atoms with E-state index < -0.39 is 0 Å². The van der Waals surface area contributed by atoms with E-state index in [1.54, 1.807) is 0 Å². The normalized spacial score (nSPS) is 11.5. The lowest BCUT2D eigenvalue weighted by atomic mass is 9.93. The van der Waals surface area contributed by atoms with Crippen molar-refractivity contribution in [3.63, 3.8) is 0 Å². The summed E-state index contributed by atoms with van der Waals surface area (Å²) in [5.41, 5.74) is 22.1. The summed E-state index contributed by atoms with van der Waals surface area (Å²) < 4.78 is 4.78. The van der Waals surface area contributed by atoms with E-state index in [0.717, 1.165) is 45.1 Å². The third kappa shape index (κ3) is 7.95. The Morgan fingerprint density at radius 3 is 0.840 bits per heavy atom. The molecule has 2 aromatic heterocycles. The van der Waals surface area contributed by atoms with Crippen molar-refractivity contribution >= 4 is 60.7 Å². The van der Waals surface area contributed by atoms with Crippen LogP contribution >= 0.6 is 0 Å². The first-order chi connectivity index (χ1) is 37.2. The first kappa shape index (κ1) is 43.8. The molecule has 0 fully saturated rings. The number of benzene rings is 12. The average molecular weight is 956 g/mol. The highest BCUT2D eigenvalue weighted by molar-refractivity contribution is 6.11. The zero-order chi connectivity index (χ0) is 49.7. The summed E-state index contributed by atoms with van der Waals surface area (Å²) in [4.78, 5) is 2.38. The number of hydrogen-bond acceptors (Lipinski definition) is 1. The molecule has 0 aliphatic rings. The van der Waals surface area contributed by atoms with E-state index in [4.69, 9.17) is 0 Å². The van der Waals surface area contributed by atoms with Crippen LogP contribution in [0.25, 0.3) is 111 Å². The summed E-state index contributed by atoms with van der Waals surface area (Å²) in [5.74, 6) is 0. The molecule has 0 unspecified atom stereocenters. The summed E-state index contributed by atoms with van der Waals surface area (Å²) >= 11 is 0.